The number of ether oxygens (including phenoxy) is 1. The van der Waals surface area contributed by atoms with Crippen molar-refractivity contribution in [3.05, 3.63) is 101 Å². The second kappa shape index (κ2) is 7.71. The van der Waals surface area contributed by atoms with Crippen LogP contribution in [0.1, 0.15) is 11.1 Å². The molecule has 0 fully saturated rings. The Morgan fingerprint density at radius 3 is 2.39 bits per heavy atom. The number of rotatable bonds is 4. The number of anilines is 1. The lowest BCUT2D eigenvalue weighted by atomic mass is 10.1. The predicted molar refractivity (Wildman–Crippen MR) is 113 cm³/mol. The molecule has 0 aliphatic carbocycles. The van der Waals surface area contributed by atoms with Gasteiger partial charge in [-0.1, -0.05) is 60.1 Å². The number of nitrogens with zero attached hydrogens (tertiary/aromatic N) is 2. The second-order valence-electron chi connectivity index (χ2n) is 6.22. The van der Waals surface area contributed by atoms with Gasteiger partial charge in [-0.3, -0.25) is 9.69 Å². The highest BCUT2D eigenvalue weighted by Crippen LogP contribution is 2.29. The third-order valence-corrected chi connectivity index (χ3v) is 4.61. The number of carbonyl (C=O) groups is 1. The van der Waals surface area contributed by atoms with Crippen LogP contribution in [0.3, 0.4) is 0 Å². The number of benzene rings is 3. The lowest BCUT2D eigenvalue weighted by molar-refractivity contribution is -0.113. The Balaban J connectivity index is 1.79. The summed E-state index contributed by atoms with van der Waals surface area (Å²) in [5.74, 6) is 1.14. The van der Waals surface area contributed by atoms with Crippen LogP contribution in [0.25, 0.3) is 6.08 Å². The molecule has 0 N–H and O–H groups in total. The number of hydrogen-bond acceptors (Lipinski definition) is 3. The van der Waals surface area contributed by atoms with E-state index in [0.717, 1.165) is 16.9 Å². The standard InChI is InChI=1S/C23H17ClN2O2/c1-28-20-12-10-16(11-13-20)14-21-23(27)26(19-9-5-8-18(24)15-19)22(25-21)17-6-3-2-4-7-17/h2-15H,1H3/b21-14-. The van der Waals surface area contributed by atoms with Crippen molar-refractivity contribution in [2.24, 2.45) is 4.99 Å². The maximum absolute atomic E-state index is 13.2. The molecule has 5 heteroatoms. The molecule has 0 aromatic heterocycles. The molecule has 1 heterocycles. The first-order valence-corrected chi connectivity index (χ1v) is 9.13. The second-order valence-corrected chi connectivity index (χ2v) is 6.66. The fraction of sp³-hybridized carbons (Fsp3) is 0.0435. The van der Waals surface area contributed by atoms with Gasteiger partial charge in [-0.15, -0.1) is 0 Å². The van der Waals surface area contributed by atoms with E-state index in [0.29, 0.717) is 22.2 Å². The Kier molecular flexibility index (Phi) is 4.96. The summed E-state index contributed by atoms with van der Waals surface area (Å²) in [4.78, 5) is 19.4. The zero-order chi connectivity index (χ0) is 19.5. The van der Waals surface area contributed by atoms with Crippen molar-refractivity contribution in [2.45, 2.75) is 0 Å². The SMILES string of the molecule is COc1ccc(/C=C2\N=C(c3ccccc3)N(c3cccc(Cl)c3)C2=O)cc1. The Labute approximate surface area is 168 Å². The van der Waals surface area contributed by atoms with Gasteiger partial charge in [-0.2, -0.15) is 0 Å². The normalized spacial score (nSPS) is 15.1. The smallest absolute Gasteiger partial charge is 0.282 e. The molecule has 0 saturated carbocycles. The molecular formula is C23H17ClN2O2. The third-order valence-electron chi connectivity index (χ3n) is 4.38. The molecule has 4 nitrogen and oxygen atoms in total. The van der Waals surface area contributed by atoms with Crippen LogP contribution in [0.2, 0.25) is 5.02 Å². The third kappa shape index (κ3) is 3.55. The minimum absolute atomic E-state index is 0.197. The first-order chi connectivity index (χ1) is 13.7. The van der Waals surface area contributed by atoms with Crippen LogP contribution in [0, 0.1) is 0 Å². The molecule has 0 spiro atoms. The van der Waals surface area contributed by atoms with Crippen molar-refractivity contribution >= 4 is 35.1 Å². The van der Waals surface area contributed by atoms with Crippen LogP contribution < -0.4 is 9.64 Å². The lowest BCUT2D eigenvalue weighted by Crippen LogP contribution is -2.32. The number of carbonyl (C=O) groups excluding carboxylic acids is 1. The Morgan fingerprint density at radius 2 is 1.71 bits per heavy atom. The molecule has 1 aliphatic rings. The maximum Gasteiger partial charge on any atom is 0.282 e. The maximum atomic E-state index is 13.2. The average molecular weight is 389 g/mol. The molecule has 0 saturated heterocycles. The van der Waals surface area contributed by atoms with Crippen molar-refractivity contribution in [1.29, 1.82) is 0 Å². The van der Waals surface area contributed by atoms with Gasteiger partial charge in [0.05, 0.1) is 12.8 Å². The Morgan fingerprint density at radius 1 is 0.964 bits per heavy atom. The lowest BCUT2D eigenvalue weighted by Gasteiger charge is -2.18. The number of halogens is 1. The van der Waals surface area contributed by atoms with Crippen molar-refractivity contribution in [3.8, 4) is 5.75 Å². The van der Waals surface area contributed by atoms with Crippen LogP contribution in [0.4, 0.5) is 5.69 Å². The van der Waals surface area contributed by atoms with Gasteiger partial charge in [0.25, 0.3) is 5.91 Å². The van der Waals surface area contributed by atoms with Crippen molar-refractivity contribution in [3.63, 3.8) is 0 Å². The molecule has 0 bridgehead atoms. The van der Waals surface area contributed by atoms with Gasteiger partial charge in [0, 0.05) is 10.6 Å². The molecule has 138 valence electrons. The zero-order valence-electron chi connectivity index (χ0n) is 15.2. The molecule has 3 aromatic carbocycles. The molecule has 1 amide bonds. The van der Waals surface area contributed by atoms with Gasteiger partial charge < -0.3 is 4.74 Å². The summed E-state index contributed by atoms with van der Waals surface area (Å²) in [5.41, 5.74) is 2.77. The summed E-state index contributed by atoms with van der Waals surface area (Å²) in [6, 6.07) is 24.3. The fourth-order valence-electron chi connectivity index (χ4n) is 3.01. The van der Waals surface area contributed by atoms with Crippen LogP contribution in [-0.2, 0) is 4.79 Å². The topological polar surface area (TPSA) is 41.9 Å². The fourth-order valence-corrected chi connectivity index (χ4v) is 3.19. The number of amidine groups is 1. The van der Waals surface area contributed by atoms with Crippen molar-refractivity contribution < 1.29 is 9.53 Å². The Hall–Kier alpha value is -3.37. The molecule has 0 radical (unpaired) electrons. The van der Waals surface area contributed by atoms with Gasteiger partial charge >= 0.3 is 0 Å². The highest BCUT2D eigenvalue weighted by molar-refractivity contribution is 6.34. The van der Waals surface area contributed by atoms with E-state index in [4.69, 9.17) is 16.3 Å². The summed E-state index contributed by atoms with van der Waals surface area (Å²) >= 11 is 6.16. The quantitative estimate of drug-likeness (QED) is 0.577. The zero-order valence-corrected chi connectivity index (χ0v) is 15.9. The molecular weight excluding hydrogens is 372 g/mol. The first-order valence-electron chi connectivity index (χ1n) is 8.75. The van der Waals surface area contributed by atoms with Crippen LogP contribution in [0.15, 0.2) is 89.6 Å². The van der Waals surface area contributed by atoms with E-state index in [-0.39, 0.29) is 5.91 Å². The van der Waals surface area contributed by atoms with Gasteiger partial charge in [0.1, 0.15) is 17.3 Å². The van der Waals surface area contributed by atoms with E-state index in [1.807, 2.05) is 66.7 Å². The largest absolute Gasteiger partial charge is 0.497 e. The minimum atomic E-state index is -0.197. The van der Waals surface area contributed by atoms with Gasteiger partial charge in [0.15, 0.2) is 0 Å². The van der Waals surface area contributed by atoms with Crippen LogP contribution in [0.5, 0.6) is 5.75 Å². The summed E-state index contributed by atoms with van der Waals surface area (Å²) in [5, 5.41) is 0.560. The molecule has 1 aliphatic heterocycles. The number of aliphatic imine (C=N–C) groups is 1. The molecule has 4 rings (SSSR count). The predicted octanol–water partition coefficient (Wildman–Crippen LogP) is 5.18. The van der Waals surface area contributed by atoms with E-state index in [1.165, 1.54) is 0 Å². The molecule has 0 atom stereocenters. The Bertz CT molecular complexity index is 1070. The van der Waals surface area contributed by atoms with Crippen LogP contribution in [-0.4, -0.2) is 18.9 Å². The average Bonchev–Trinajstić information content (AvgIpc) is 3.05. The summed E-state index contributed by atoms with van der Waals surface area (Å²) in [6.45, 7) is 0. The molecule has 0 unspecified atom stereocenters. The van der Waals surface area contributed by atoms with E-state index < -0.39 is 0 Å². The van der Waals surface area contributed by atoms with E-state index in [1.54, 1.807) is 30.2 Å². The summed E-state index contributed by atoms with van der Waals surface area (Å²) in [6.07, 6.45) is 1.77. The number of hydrogen-bond donors (Lipinski definition) is 0. The first kappa shape index (κ1) is 18.0. The highest BCUT2D eigenvalue weighted by Gasteiger charge is 2.32. The number of amides is 1. The van der Waals surface area contributed by atoms with Gasteiger partial charge in [-0.05, 0) is 42.0 Å². The van der Waals surface area contributed by atoms with E-state index in [9.17, 15) is 4.79 Å². The van der Waals surface area contributed by atoms with E-state index >= 15 is 0 Å². The van der Waals surface area contributed by atoms with Gasteiger partial charge in [0.2, 0.25) is 0 Å². The molecule has 3 aromatic rings. The molecule has 28 heavy (non-hydrogen) atoms. The van der Waals surface area contributed by atoms with Crippen LogP contribution >= 0.6 is 11.6 Å². The minimum Gasteiger partial charge on any atom is -0.497 e. The van der Waals surface area contributed by atoms with Gasteiger partial charge in [-0.25, -0.2) is 4.99 Å². The van der Waals surface area contributed by atoms with Crippen molar-refractivity contribution in [1.82, 2.24) is 0 Å². The monoisotopic (exact) mass is 388 g/mol. The van der Waals surface area contributed by atoms with Crippen molar-refractivity contribution in [2.75, 3.05) is 12.0 Å². The highest BCUT2D eigenvalue weighted by atomic mass is 35.5. The summed E-state index contributed by atoms with van der Waals surface area (Å²) in [7, 11) is 1.62. The summed E-state index contributed by atoms with van der Waals surface area (Å²) < 4.78 is 5.19. The number of methoxy groups -OCH3 is 1. The van der Waals surface area contributed by atoms with E-state index in [2.05, 4.69) is 4.99 Å².